The Morgan fingerprint density at radius 1 is 1.18 bits per heavy atom. The number of fused-ring (bicyclic) bond motifs is 2. The highest BCUT2D eigenvalue weighted by Crippen LogP contribution is 2.45. The number of carbonyl (C=O) groups excluding carboxylic acids is 1. The Kier molecular flexibility index (Phi) is 4.62. The zero-order valence-corrected chi connectivity index (χ0v) is 18.2. The average Bonchev–Trinajstić information content (AvgIpc) is 2.75. The number of rotatable bonds is 3. The fourth-order valence-corrected chi connectivity index (χ4v) is 4.98. The molecule has 1 saturated carbocycles. The number of hydrogen-bond donors (Lipinski definition) is 3. The molecule has 1 aromatic carbocycles. The Labute approximate surface area is 189 Å². The van der Waals surface area contributed by atoms with Crippen LogP contribution in [-0.4, -0.2) is 48.4 Å². The second-order valence-electron chi connectivity index (χ2n) is 9.17. The van der Waals surface area contributed by atoms with Crippen LogP contribution in [0.3, 0.4) is 0 Å². The van der Waals surface area contributed by atoms with Crippen molar-refractivity contribution in [2.45, 2.75) is 25.9 Å². The van der Waals surface area contributed by atoms with Gasteiger partial charge in [0.25, 0.3) is 0 Å². The van der Waals surface area contributed by atoms with Crippen molar-refractivity contribution in [3.05, 3.63) is 42.0 Å². The van der Waals surface area contributed by atoms with E-state index < -0.39 is 6.09 Å². The van der Waals surface area contributed by atoms with Crippen LogP contribution in [0.25, 0.3) is 21.9 Å². The molecule has 1 aliphatic carbocycles. The molecule has 1 saturated heterocycles. The number of aromatic nitrogens is 2. The number of carbonyl (C=O) groups is 1. The zero-order chi connectivity index (χ0) is 22.6. The summed E-state index contributed by atoms with van der Waals surface area (Å²) in [5.74, 6) is 0.527. The van der Waals surface area contributed by atoms with E-state index in [9.17, 15) is 4.79 Å². The lowest BCUT2D eigenvalue weighted by atomic mass is 9.63. The molecule has 4 heterocycles. The molecule has 0 radical (unpaired) electrons. The summed E-state index contributed by atoms with van der Waals surface area (Å²) in [6, 6.07) is 4.92. The summed E-state index contributed by atoms with van der Waals surface area (Å²) in [4.78, 5) is 20.9. The molecule has 3 N–H and O–H groups in total. The van der Waals surface area contributed by atoms with Gasteiger partial charge in [-0.05, 0) is 48.9 Å². The highest BCUT2D eigenvalue weighted by molar-refractivity contribution is 5.92. The summed E-state index contributed by atoms with van der Waals surface area (Å²) < 4.78 is 26.1. The molecular formula is C24H24FN5O3. The molecule has 1 amide bonds. The predicted molar refractivity (Wildman–Crippen MR) is 122 cm³/mol. The molecule has 0 bridgehead atoms. The molecule has 2 aliphatic heterocycles. The van der Waals surface area contributed by atoms with Gasteiger partial charge in [-0.2, -0.15) is 0 Å². The van der Waals surface area contributed by atoms with Crippen LogP contribution in [0.1, 0.15) is 18.4 Å². The normalized spacial score (nSPS) is 18.5. The van der Waals surface area contributed by atoms with Gasteiger partial charge in [-0.1, -0.05) is 0 Å². The maximum absolute atomic E-state index is 15.0. The van der Waals surface area contributed by atoms with E-state index in [1.54, 1.807) is 24.5 Å². The number of nitrogens with one attached hydrogen (secondary N) is 3. The summed E-state index contributed by atoms with van der Waals surface area (Å²) in [5.41, 5.74) is 3.10. The maximum Gasteiger partial charge on any atom is 0.413 e. The number of amides is 1. The largest absolute Gasteiger partial charge is 0.474 e. The van der Waals surface area contributed by atoms with Gasteiger partial charge in [-0.25, -0.2) is 19.2 Å². The van der Waals surface area contributed by atoms with Crippen molar-refractivity contribution in [1.29, 1.82) is 0 Å². The molecule has 33 heavy (non-hydrogen) atoms. The summed E-state index contributed by atoms with van der Waals surface area (Å²) in [6.07, 6.45) is 4.41. The zero-order valence-electron chi connectivity index (χ0n) is 18.2. The fraction of sp³-hybridized carbons (Fsp3) is 0.375. The Balaban J connectivity index is 1.24. The second-order valence-corrected chi connectivity index (χ2v) is 9.17. The second kappa shape index (κ2) is 7.55. The molecule has 3 aliphatic rings. The molecule has 3 aromatic rings. The predicted octanol–water partition coefficient (Wildman–Crippen LogP) is 3.85. The van der Waals surface area contributed by atoms with Gasteiger partial charge in [0.1, 0.15) is 30.0 Å². The molecule has 6 rings (SSSR count). The standard InChI is InChI=1S/C24H24FN5O3/c1-13-18(10-29-22-21(13)27-2-3-32-22)17-4-14-6-20(28-9-15(14)5-19(17)25)30-23(31)33-16-7-24(8-16)11-26-12-24/h4-6,9-10,16,26-27H,2-3,7-8,11-12H2,1H3,(H,28,30,31). The van der Waals surface area contributed by atoms with Crippen molar-refractivity contribution in [2.24, 2.45) is 5.41 Å². The molecule has 0 unspecified atom stereocenters. The molecule has 9 heteroatoms. The van der Waals surface area contributed by atoms with E-state index >= 15 is 4.39 Å². The third-order valence-electron chi connectivity index (χ3n) is 6.87. The number of halogens is 1. The average molecular weight is 449 g/mol. The van der Waals surface area contributed by atoms with Gasteiger partial charge in [0.15, 0.2) is 0 Å². The topological polar surface area (TPSA) is 97.4 Å². The van der Waals surface area contributed by atoms with Gasteiger partial charge in [0.05, 0.1) is 0 Å². The van der Waals surface area contributed by atoms with Crippen molar-refractivity contribution in [1.82, 2.24) is 15.3 Å². The van der Waals surface area contributed by atoms with Crippen LogP contribution in [0.15, 0.2) is 30.6 Å². The highest BCUT2D eigenvalue weighted by Gasteiger charge is 2.50. The summed E-state index contributed by atoms with van der Waals surface area (Å²) in [6.45, 7) is 5.15. The van der Waals surface area contributed by atoms with Gasteiger partial charge in [-0.15, -0.1) is 0 Å². The number of nitrogens with zero attached hydrogens (tertiary/aromatic N) is 2. The van der Waals surface area contributed by atoms with Crippen molar-refractivity contribution < 1.29 is 18.7 Å². The van der Waals surface area contributed by atoms with Crippen LogP contribution in [0.4, 0.5) is 20.7 Å². The maximum atomic E-state index is 15.0. The van der Waals surface area contributed by atoms with Crippen molar-refractivity contribution >= 4 is 28.4 Å². The first-order valence-corrected chi connectivity index (χ1v) is 11.1. The monoisotopic (exact) mass is 449 g/mol. The third kappa shape index (κ3) is 3.52. The number of anilines is 2. The van der Waals surface area contributed by atoms with Gasteiger partial charge in [0.2, 0.25) is 5.88 Å². The Morgan fingerprint density at radius 3 is 2.82 bits per heavy atom. The summed E-state index contributed by atoms with van der Waals surface area (Å²) >= 11 is 0. The van der Waals surface area contributed by atoms with Crippen molar-refractivity contribution in [3.8, 4) is 17.0 Å². The minimum absolute atomic E-state index is 0.0506. The van der Waals surface area contributed by atoms with Crippen molar-refractivity contribution in [2.75, 3.05) is 36.9 Å². The summed E-state index contributed by atoms with van der Waals surface area (Å²) in [5, 5.41) is 10.6. The molecule has 1 spiro atoms. The lowest BCUT2D eigenvalue weighted by molar-refractivity contribution is -0.0665. The van der Waals surface area contributed by atoms with Gasteiger partial charge < -0.3 is 20.1 Å². The van der Waals surface area contributed by atoms with Gasteiger partial charge in [-0.3, -0.25) is 5.32 Å². The fourth-order valence-electron chi connectivity index (χ4n) is 4.98. The molecule has 170 valence electrons. The smallest absolute Gasteiger partial charge is 0.413 e. The van der Waals surface area contributed by atoms with E-state index in [1.807, 2.05) is 6.92 Å². The van der Waals surface area contributed by atoms with Crippen LogP contribution < -0.4 is 20.7 Å². The Hall–Kier alpha value is -3.46. The van der Waals surface area contributed by atoms with Crippen LogP contribution in [0.2, 0.25) is 0 Å². The first-order valence-electron chi connectivity index (χ1n) is 11.1. The van der Waals surface area contributed by atoms with E-state index in [1.165, 1.54) is 6.07 Å². The Morgan fingerprint density at radius 2 is 2.03 bits per heavy atom. The van der Waals surface area contributed by atoms with Crippen LogP contribution in [0, 0.1) is 18.2 Å². The van der Waals surface area contributed by atoms with E-state index in [0.717, 1.165) is 42.6 Å². The Bertz CT molecular complexity index is 1270. The molecule has 0 atom stereocenters. The first kappa shape index (κ1) is 20.2. The molecule has 8 nitrogen and oxygen atoms in total. The van der Waals surface area contributed by atoms with Crippen LogP contribution in [0.5, 0.6) is 5.88 Å². The number of hydrogen-bond acceptors (Lipinski definition) is 7. The lowest BCUT2D eigenvalue weighted by Crippen LogP contribution is -2.62. The highest BCUT2D eigenvalue weighted by atomic mass is 19.1. The number of benzene rings is 1. The van der Waals surface area contributed by atoms with E-state index in [4.69, 9.17) is 9.47 Å². The van der Waals surface area contributed by atoms with Crippen LogP contribution >= 0.6 is 0 Å². The minimum Gasteiger partial charge on any atom is -0.474 e. The van der Waals surface area contributed by atoms with Gasteiger partial charge >= 0.3 is 6.09 Å². The van der Waals surface area contributed by atoms with Gasteiger partial charge in [0, 0.05) is 54.0 Å². The summed E-state index contributed by atoms with van der Waals surface area (Å²) in [7, 11) is 0. The van der Waals surface area contributed by atoms with Crippen molar-refractivity contribution in [3.63, 3.8) is 0 Å². The minimum atomic E-state index is -0.517. The molecular weight excluding hydrogens is 425 g/mol. The van der Waals surface area contributed by atoms with E-state index in [0.29, 0.717) is 46.8 Å². The lowest BCUT2D eigenvalue weighted by Gasteiger charge is -2.53. The quantitative estimate of drug-likeness (QED) is 0.559. The SMILES string of the molecule is Cc1c(-c2cc3cc(NC(=O)OC4CC5(CNC5)C4)ncc3cc2F)cnc2c1NCCO2. The number of pyridine rings is 2. The first-order chi connectivity index (χ1) is 16.0. The molecule has 2 fully saturated rings. The van der Waals surface area contributed by atoms with Crippen LogP contribution in [-0.2, 0) is 4.74 Å². The van der Waals surface area contributed by atoms with E-state index in [2.05, 4.69) is 25.9 Å². The van der Waals surface area contributed by atoms with E-state index in [-0.39, 0.29) is 11.9 Å². The number of ether oxygens (including phenoxy) is 2. The third-order valence-corrected chi connectivity index (χ3v) is 6.87. The molecule has 2 aromatic heterocycles.